The maximum absolute atomic E-state index is 12.4. The highest BCUT2D eigenvalue weighted by atomic mass is 16.6. The first-order valence-corrected chi connectivity index (χ1v) is 16.2. The molecule has 3 atom stereocenters. The summed E-state index contributed by atoms with van der Waals surface area (Å²) >= 11 is 0. The Labute approximate surface area is 283 Å². The highest BCUT2D eigenvalue weighted by molar-refractivity contribution is 5.81. The van der Waals surface area contributed by atoms with Gasteiger partial charge in [0.15, 0.2) is 0 Å². The lowest BCUT2D eigenvalue weighted by Gasteiger charge is -2.22. The van der Waals surface area contributed by atoms with Crippen molar-refractivity contribution in [2.24, 2.45) is 0 Å². The predicted octanol–water partition coefficient (Wildman–Crippen LogP) is 1.74. The normalized spacial score (nSPS) is 12.7. The molecule has 15 heteroatoms. The Morgan fingerprint density at radius 1 is 0.583 bits per heavy atom. The standard InChI is InChI=1S/C33H54N2O13/c1-7-10-15-34(16-11-30(39)44-23-25(4)46-29(38)9-3)17-12-31(40)45-24-27(6)48-33(42)14-19-35(20-21-36)18-13-32(41)47-26(5)22-43-28(37)8-2/h8-9,25-27,36H,2-3,7,10-24H2,1,4-6H3. The van der Waals surface area contributed by atoms with E-state index in [1.807, 2.05) is 11.8 Å². The summed E-state index contributed by atoms with van der Waals surface area (Å²) in [5.41, 5.74) is 0. The van der Waals surface area contributed by atoms with Crippen molar-refractivity contribution < 1.29 is 62.3 Å². The number of hydrogen-bond acceptors (Lipinski definition) is 15. The van der Waals surface area contributed by atoms with Crippen LogP contribution in [0.1, 0.15) is 66.2 Å². The van der Waals surface area contributed by atoms with E-state index in [2.05, 4.69) is 13.2 Å². The third kappa shape index (κ3) is 24.4. The van der Waals surface area contributed by atoms with E-state index in [4.69, 9.17) is 28.4 Å². The van der Waals surface area contributed by atoms with E-state index in [0.29, 0.717) is 19.6 Å². The van der Waals surface area contributed by atoms with Gasteiger partial charge in [0.1, 0.15) is 38.1 Å². The molecule has 3 unspecified atom stereocenters. The van der Waals surface area contributed by atoms with Gasteiger partial charge in [-0.05, 0) is 33.7 Å². The molecule has 0 rings (SSSR count). The summed E-state index contributed by atoms with van der Waals surface area (Å²) in [4.78, 5) is 75.0. The predicted molar refractivity (Wildman–Crippen MR) is 173 cm³/mol. The number of esters is 6. The molecule has 0 aromatic rings. The van der Waals surface area contributed by atoms with Crippen LogP contribution in [0.5, 0.6) is 0 Å². The molecule has 0 radical (unpaired) electrons. The summed E-state index contributed by atoms with van der Waals surface area (Å²) in [6.45, 7) is 15.0. The Balaban J connectivity index is 4.46. The van der Waals surface area contributed by atoms with Gasteiger partial charge in [0, 0.05) is 44.9 Å². The number of nitrogens with zero attached hydrogens (tertiary/aromatic N) is 2. The van der Waals surface area contributed by atoms with Crippen LogP contribution in [0.25, 0.3) is 0 Å². The molecule has 0 saturated carbocycles. The van der Waals surface area contributed by atoms with E-state index in [-0.39, 0.29) is 71.7 Å². The molecular weight excluding hydrogens is 632 g/mol. The molecule has 0 bridgehead atoms. The average Bonchev–Trinajstić information content (AvgIpc) is 3.05. The van der Waals surface area contributed by atoms with Gasteiger partial charge in [0.25, 0.3) is 0 Å². The van der Waals surface area contributed by atoms with E-state index in [1.54, 1.807) is 25.7 Å². The van der Waals surface area contributed by atoms with E-state index >= 15 is 0 Å². The Kier molecular flexibility index (Phi) is 25.0. The fourth-order valence-electron chi connectivity index (χ4n) is 3.93. The fraction of sp³-hybridized carbons (Fsp3) is 0.697. The lowest BCUT2D eigenvalue weighted by Crippen LogP contribution is -2.33. The van der Waals surface area contributed by atoms with Crippen LogP contribution in [0, 0.1) is 0 Å². The van der Waals surface area contributed by atoms with Crippen molar-refractivity contribution in [3.05, 3.63) is 25.3 Å². The molecule has 1 N–H and O–H groups in total. The number of carbonyl (C=O) groups excluding carboxylic acids is 6. The smallest absolute Gasteiger partial charge is 0.330 e. The van der Waals surface area contributed by atoms with E-state index in [1.165, 1.54) is 0 Å². The van der Waals surface area contributed by atoms with Crippen molar-refractivity contribution in [2.45, 2.75) is 84.5 Å². The molecule has 0 aromatic carbocycles. The molecule has 0 aliphatic heterocycles. The summed E-state index contributed by atoms with van der Waals surface area (Å²) in [6, 6.07) is 0. The van der Waals surface area contributed by atoms with E-state index in [9.17, 15) is 33.9 Å². The van der Waals surface area contributed by atoms with Crippen LogP contribution in [0.15, 0.2) is 25.3 Å². The fourth-order valence-corrected chi connectivity index (χ4v) is 3.93. The zero-order valence-electron chi connectivity index (χ0n) is 28.9. The van der Waals surface area contributed by atoms with Gasteiger partial charge in [-0.25, -0.2) is 9.59 Å². The zero-order chi connectivity index (χ0) is 36.3. The van der Waals surface area contributed by atoms with Gasteiger partial charge in [-0.15, -0.1) is 0 Å². The molecule has 0 spiro atoms. The summed E-state index contributed by atoms with van der Waals surface area (Å²) < 4.78 is 30.8. The molecule has 0 aliphatic carbocycles. The van der Waals surface area contributed by atoms with Gasteiger partial charge in [-0.1, -0.05) is 26.5 Å². The molecular formula is C33H54N2O13. The Bertz CT molecular complexity index is 1020. The maximum Gasteiger partial charge on any atom is 0.330 e. The van der Waals surface area contributed by atoms with Crippen LogP contribution >= 0.6 is 0 Å². The van der Waals surface area contributed by atoms with Crippen molar-refractivity contribution in [3.8, 4) is 0 Å². The van der Waals surface area contributed by atoms with Gasteiger partial charge in [-0.3, -0.25) is 24.1 Å². The van der Waals surface area contributed by atoms with Crippen LogP contribution in [0.3, 0.4) is 0 Å². The summed E-state index contributed by atoms with van der Waals surface area (Å²) in [5, 5.41) is 9.35. The first-order chi connectivity index (χ1) is 22.8. The molecule has 48 heavy (non-hydrogen) atoms. The van der Waals surface area contributed by atoms with Crippen molar-refractivity contribution in [1.29, 1.82) is 0 Å². The van der Waals surface area contributed by atoms with E-state index < -0.39 is 54.1 Å². The second-order valence-electron chi connectivity index (χ2n) is 11.0. The molecule has 0 amide bonds. The summed E-state index contributed by atoms with van der Waals surface area (Å²) in [6.07, 6.45) is 2.05. The zero-order valence-corrected chi connectivity index (χ0v) is 28.9. The van der Waals surface area contributed by atoms with Crippen molar-refractivity contribution in [3.63, 3.8) is 0 Å². The van der Waals surface area contributed by atoms with Crippen LogP contribution < -0.4 is 0 Å². The first kappa shape index (κ1) is 44.2. The SMILES string of the molecule is C=CC(=O)OCC(C)OC(=O)CCN(CCO)CCC(=O)OC(C)COC(=O)CCN(CCCC)CCC(=O)OCC(C)OC(=O)C=C. The lowest BCUT2D eigenvalue weighted by atomic mass is 10.2. The maximum atomic E-state index is 12.4. The number of ether oxygens (including phenoxy) is 6. The number of rotatable bonds is 28. The molecule has 0 fully saturated rings. The Morgan fingerprint density at radius 3 is 1.40 bits per heavy atom. The van der Waals surface area contributed by atoms with Gasteiger partial charge in [0.05, 0.1) is 32.3 Å². The number of carbonyl (C=O) groups is 6. The summed E-state index contributed by atoms with van der Waals surface area (Å²) in [5.74, 6) is -3.21. The highest BCUT2D eigenvalue weighted by Gasteiger charge is 2.18. The monoisotopic (exact) mass is 686 g/mol. The summed E-state index contributed by atoms with van der Waals surface area (Å²) in [7, 11) is 0. The van der Waals surface area contributed by atoms with Crippen LogP contribution in [0.4, 0.5) is 0 Å². The molecule has 274 valence electrons. The Morgan fingerprint density at radius 2 is 0.979 bits per heavy atom. The highest BCUT2D eigenvalue weighted by Crippen LogP contribution is 2.05. The Hall–Kier alpha value is -3.82. The number of aliphatic hydroxyl groups excluding tert-OH is 1. The third-order valence-corrected chi connectivity index (χ3v) is 6.51. The molecule has 0 heterocycles. The minimum atomic E-state index is -0.696. The number of hydrogen-bond donors (Lipinski definition) is 1. The quantitative estimate of drug-likeness (QED) is 0.0713. The first-order valence-electron chi connectivity index (χ1n) is 16.2. The minimum Gasteiger partial charge on any atom is -0.462 e. The van der Waals surface area contributed by atoms with Gasteiger partial charge in [0.2, 0.25) is 0 Å². The minimum absolute atomic E-state index is 0.00456. The van der Waals surface area contributed by atoms with Gasteiger partial charge in [-0.2, -0.15) is 0 Å². The van der Waals surface area contributed by atoms with Crippen LogP contribution in [-0.4, -0.2) is 135 Å². The van der Waals surface area contributed by atoms with Crippen LogP contribution in [0.2, 0.25) is 0 Å². The van der Waals surface area contributed by atoms with Gasteiger partial charge < -0.3 is 38.4 Å². The lowest BCUT2D eigenvalue weighted by molar-refractivity contribution is -0.158. The molecule has 15 nitrogen and oxygen atoms in total. The van der Waals surface area contributed by atoms with Crippen LogP contribution in [-0.2, 0) is 57.2 Å². The van der Waals surface area contributed by atoms with Gasteiger partial charge >= 0.3 is 35.8 Å². The molecule has 0 aliphatic rings. The second-order valence-corrected chi connectivity index (χ2v) is 11.0. The molecule has 0 saturated heterocycles. The van der Waals surface area contributed by atoms with Crippen molar-refractivity contribution >= 4 is 35.8 Å². The largest absolute Gasteiger partial charge is 0.462 e. The van der Waals surface area contributed by atoms with E-state index in [0.717, 1.165) is 25.0 Å². The topological polar surface area (TPSA) is 185 Å². The van der Waals surface area contributed by atoms with Crippen molar-refractivity contribution in [2.75, 3.05) is 65.7 Å². The molecule has 0 aromatic heterocycles. The van der Waals surface area contributed by atoms with Crippen molar-refractivity contribution in [1.82, 2.24) is 9.80 Å². The number of unbranched alkanes of at least 4 members (excludes halogenated alkanes) is 1. The number of aliphatic hydroxyl groups is 1. The average molecular weight is 687 g/mol. The second kappa shape index (κ2) is 27.2. The third-order valence-electron chi connectivity index (χ3n) is 6.51.